The molecule has 0 spiro atoms. The highest BCUT2D eigenvalue weighted by molar-refractivity contribution is 5.66. The van der Waals surface area contributed by atoms with Crippen molar-refractivity contribution in [1.29, 1.82) is 0 Å². The molecule has 0 aromatic rings. The predicted octanol–water partition coefficient (Wildman–Crippen LogP) is 2.76. The minimum absolute atomic E-state index is 0.128. The van der Waals surface area contributed by atoms with Gasteiger partial charge in [-0.15, -0.1) is 0 Å². The van der Waals surface area contributed by atoms with Crippen molar-refractivity contribution in [1.82, 2.24) is 0 Å². The van der Waals surface area contributed by atoms with E-state index in [-0.39, 0.29) is 22.9 Å². The summed E-state index contributed by atoms with van der Waals surface area (Å²) in [5.41, 5.74) is 0.429. The molecule has 0 aromatic heterocycles. The van der Waals surface area contributed by atoms with Gasteiger partial charge in [-0.1, -0.05) is 20.8 Å². The van der Waals surface area contributed by atoms with Crippen molar-refractivity contribution in [2.75, 3.05) is 0 Å². The summed E-state index contributed by atoms with van der Waals surface area (Å²) >= 11 is 0. The van der Waals surface area contributed by atoms with E-state index in [4.69, 9.17) is 4.74 Å². The number of hydrogen-bond donors (Lipinski definition) is 0. The van der Waals surface area contributed by atoms with Gasteiger partial charge in [-0.3, -0.25) is 4.79 Å². The molecule has 2 rings (SSSR count). The van der Waals surface area contributed by atoms with E-state index < -0.39 is 0 Å². The van der Waals surface area contributed by atoms with Crippen LogP contribution in [-0.4, -0.2) is 12.1 Å². The maximum absolute atomic E-state index is 11.1. The molecule has 2 aliphatic carbocycles. The standard InChI is InChI=1S/C12H20O2/c1-8(13)14-10-11(2,3)9-5-6-12(10,4)7-9/h9-10H,5-7H2,1-4H3. The minimum Gasteiger partial charge on any atom is -0.461 e. The van der Waals surface area contributed by atoms with Gasteiger partial charge < -0.3 is 4.74 Å². The normalized spacial score (nSPS) is 44.0. The lowest BCUT2D eigenvalue weighted by Crippen LogP contribution is -2.43. The molecule has 0 radical (unpaired) electrons. The summed E-state index contributed by atoms with van der Waals surface area (Å²) in [6.07, 6.45) is 3.89. The highest BCUT2D eigenvalue weighted by atomic mass is 16.5. The lowest BCUT2D eigenvalue weighted by molar-refractivity contribution is -0.161. The van der Waals surface area contributed by atoms with E-state index in [9.17, 15) is 4.79 Å². The molecule has 0 aromatic carbocycles. The molecule has 14 heavy (non-hydrogen) atoms. The summed E-state index contributed by atoms with van der Waals surface area (Å²) in [6, 6.07) is 0. The van der Waals surface area contributed by atoms with Crippen molar-refractivity contribution >= 4 is 5.97 Å². The summed E-state index contributed by atoms with van der Waals surface area (Å²) in [6.45, 7) is 8.28. The van der Waals surface area contributed by atoms with Gasteiger partial charge in [0.15, 0.2) is 0 Å². The van der Waals surface area contributed by atoms with Crippen LogP contribution in [0.15, 0.2) is 0 Å². The third-order valence-corrected chi connectivity index (χ3v) is 4.42. The maximum Gasteiger partial charge on any atom is 0.302 e. The van der Waals surface area contributed by atoms with Crippen molar-refractivity contribution in [3.63, 3.8) is 0 Å². The minimum atomic E-state index is -0.128. The Balaban J connectivity index is 2.25. The SMILES string of the molecule is CC(=O)OC1C2(C)CCC(C2)C1(C)C. The number of rotatable bonds is 1. The van der Waals surface area contributed by atoms with Gasteiger partial charge in [0.1, 0.15) is 6.10 Å². The van der Waals surface area contributed by atoms with Crippen molar-refractivity contribution in [3.8, 4) is 0 Å². The van der Waals surface area contributed by atoms with Crippen LogP contribution >= 0.6 is 0 Å². The fourth-order valence-electron chi connectivity index (χ4n) is 3.72. The molecule has 3 atom stereocenters. The van der Waals surface area contributed by atoms with Crippen molar-refractivity contribution in [2.24, 2.45) is 16.7 Å². The molecule has 3 unspecified atom stereocenters. The van der Waals surface area contributed by atoms with Crippen molar-refractivity contribution < 1.29 is 9.53 Å². The highest BCUT2D eigenvalue weighted by Gasteiger charge is 2.61. The fourth-order valence-corrected chi connectivity index (χ4v) is 3.72. The molecule has 80 valence electrons. The van der Waals surface area contributed by atoms with Gasteiger partial charge in [-0.2, -0.15) is 0 Å². The zero-order chi connectivity index (χ0) is 10.6. The Labute approximate surface area is 86.0 Å². The first-order valence-corrected chi connectivity index (χ1v) is 5.53. The van der Waals surface area contributed by atoms with Gasteiger partial charge >= 0.3 is 5.97 Å². The molecular weight excluding hydrogens is 176 g/mol. The van der Waals surface area contributed by atoms with Crippen LogP contribution in [0.2, 0.25) is 0 Å². The smallest absolute Gasteiger partial charge is 0.302 e. The number of carbonyl (C=O) groups excluding carboxylic acids is 1. The first-order chi connectivity index (χ1) is 6.36. The number of ether oxygens (including phenoxy) is 1. The van der Waals surface area contributed by atoms with E-state index in [0.29, 0.717) is 0 Å². The van der Waals surface area contributed by atoms with Gasteiger partial charge in [-0.05, 0) is 25.2 Å². The van der Waals surface area contributed by atoms with Crippen molar-refractivity contribution in [3.05, 3.63) is 0 Å². The second kappa shape index (κ2) is 2.74. The van der Waals surface area contributed by atoms with Gasteiger partial charge in [0, 0.05) is 17.8 Å². The van der Waals surface area contributed by atoms with Gasteiger partial charge in [0.25, 0.3) is 0 Å². The molecule has 2 bridgehead atoms. The second-order valence-corrected chi connectivity index (χ2v) is 5.90. The van der Waals surface area contributed by atoms with E-state index in [2.05, 4.69) is 20.8 Å². The summed E-state index contributed by atoms with van der Waals surface area (Å²) in [4.78, 5) is 11.1. The Hall–Kier alpha value is -0.530. The first kappa shape index (κ1) is 10.0. The van der Waals surface area contributed by atoms with E-state index in [1.54, 1.807) is 0 Å². The Bertz CT molecular complexity index is 265. The molecule has 2 aliphatic rings. The Morgan fingerprint density at radius 1 is 1.36 bits per heavy atom. The summed E-state index contributed by atoms with van der Waals surface area (Å²) < 4.78 is 5.52. The third-order valence-electron chi connectivity index (χ3n) is 4.42. The number of fused-ring (bicyclic) bond motifs is 2. The average molecular weight is 196 g/mol. The highest BCUT2D eigenvalue weighted by Crippen LogP contribution is 2.63. The molecule has 0 amide bonds. The number of hydrogen-bond acceptors (Lipinski definition) is 2. The lowest BCUT2D eigenvalue weighted by atomic mass is 9.70. The molecule has 2 saturated carbocycles. The molecule has 0 heterocycles. The molecule has 2 heteroatoms. The Morgan fingerprint density at radius 2 is 2.00 bits per heavy atom. The third kappa shape index (κ3) is 1.19. The quantitative estimate of drug-likeness (QED) is 0.603. The fraction of sp³-hybridized carbons (Fsp3) is 0.917. The molecular formula is C12H20O2. The van der Waals surface area contributed by atoms with Gasteiger partial charge in [0.2, 0.25) is 0 Å². The van der Waals surface area contributed by atoms with Crippen LogP contribution in [0.3, 0.4) is 0 Å². The maximum atomic E-state index is 11.1. The predicted molar refractivity (Wildman–Crippen MR) is 54.8 cm³/mol. The van der Waals surface area contributed by atoms with Crippen LogP contribution in [-0.2, 0) is 9.53 Å². The van der Waals surface area contributed by atoms with E-state index in [0.717, 1.165) is 5.92 Å². The van der Waals surface area contributed by atoms with E-state index in [1.807, 2.05) is 0 Å². The second-order valence-electron chi connectivity index (χ2n) is 5.90. The van der Waals surface area contributed by atoms with Crippen LogP contribution in [0.25, 0.3) is 0 Å². The van der Waals surface area contributed by atoms with Crippen LogP contribution < -0.4 is 0 Å². The van der Waals surface area contributed by atoms with Crippen LogP contribution in [0.1, 0.15) is 47.0 Å². The Morgan fingerprint density at radius 3 is 2.43 bits per heavy atom. The largest absolute Gasteiger partial charge is 0.461 e. The van der Waals surface area contributed by atoms with Gasteiger partial charge in [-0.25, -0.2) is 0 Å². The first-order valence-electron chi connectivity index (χ1n) is 5.53. The number of esters is 1. The summed E-state index contributed by atoms with van der Waals surface area (Å²) in [5, 5.41) is 0. The zero-order valence-corrected chi connectivity index (χ0v) is 9.59. The topological polar surface area (TPSA) is 26.3 Å². The monoisotopic (exact) mass is 196 g/mol. The summed E-state index contributed by atoms with van der Waals surface area (Å²) in [5.74, 6) is 0.619. The number of carbonyl (C=O) groups is 1. The zero-order valence-electron chi connectivity index (χ0n) is 9.59. The van der Waals surface area contributed by atoms with Crippen LogP contribution in [0.4, 0.5) is 0 Å². The lowest BCUT2D eigenvalue weighted by Gasteiger charge is -2.41. The molecule has 2 nitrogen and oxygen atoms in total. The van der Waals surface area contributed by atoms with Crippen LogP contribution in [0, 0.1) is 16.7 Å². The Kier molecular flexibility index (Phi) is 1.96. The average Bonchev–Trinajstić information content (AvgIpc) is 2.49. The summed E-state index contributed by atoms with van der Waals surface area (Å²) in [7, 11) is 0. The van der Waals surface area contributed by atoms with E-state index in [1.165, 1.54) is 26.2 Å². The molecule has 0 N–H and O–H groups in total. The van der Waals surface area contributed by atoms with E-state index >= 15 is 0 Å². The van der Waals surface area contributed by atoms with Crippen LogP contribution in [0.5, 0.6) is 0 Å². The molecule has 0 aliphatic heterocycles. The molecule has 0 saturated heterocycles. The molecule has 2 fully saturated rings. The van der Waals surface area contributed by atoms with Crippen molar-refractivity contribution in [2.45, 2.75) is 53.1 Å². The van der Waals surface area contributed by atoms with Gasteiger partial charge in [0.05, 0.1) is 0 Å².